The van der Waals surface area contributed by atoms with E-state index in [9.17, 15) is 0 Å². The summed E-state index contributed by atoms with van der Waals surface area (Å²) < 4.78 is 0. The molecule has 0 saturated carbocycles. The summed E-state index contributed by atoms with van der Waals surface area (Å²) in [6.07, 6.45) is 9.37. The van der Waals surface area contributed by atoms with Gasteiger partial charge in [-0.15, -0.1) is 0 Å². The highest BCUT2D eigenvalue weighted by Gasteiger charge is 2.11. The smallest absolute Gasteiger partial charge is 0.0385 e. The summed E-state index contributed by atoms with van der Waals surface area (Å²) in [6.45, 7) is 5.94. The number of aromatic amines is 1. The van der Waals surface area contributed by atoms with Crippen LogP contribution in [0.1, 0.15) is 56.8 Å². The Morgan fingerprint density at radius 3 is 2.59 bits per heavy atom. The first-order valence-corrected chi connectivity index (χ1v) is 7.27. The minimum absolute atomic E-state index is 1.12. The van der Waals surface area contributed by atoms with E-state index >= 15 is 0 Å². The second-order valence-electron chi connectivity index (χ2n) is 5.30. The number of piperidine rings is 1. The van der Waals surface area contributed by atoms with Crippen molar-refractivity contribution in [1.82, 2.24) is 9.88 Å². The molecule has 2 rings (SSSR count). The lowest BCUT2D eigenvalue weighted by molar-refractivity contribution is 0.219. The molecule has 2 heterocycles. The molecule has 1 fully saturated rings. The standard InChI is InChI=1S/C15H26N2/c1-2-3-5-8-14-9-10-15(16-14)13-17-11-6-4-7-12-17/h9-10,16H,2-8,11-13H2,1H3. The van der Waals surface area contributed by atoms with Crippen LogP contribution in [-0.4, -0.2) is 23.0 Å². The molecule has 2 nitrogen and oxygen atoms in total. The molecule has 0 radical (unpaired) electrons. The average molecular weight is 234 g/mol. The Bertz CT molecular complexity index is 310. The highest BCUT2D eigenvalue weighted by molar-refractivity contribution is 5.13. The lowest BCUT2D eigenvalue weighted by Gasteiger charge is -2.25. The third-order valence-corrected chi connectivity index (χ3v) is 3.70. The van der Waals surface area contributed by atoms with Crippen molar-refractivity contribution in [3.63, 3.8) is 0 Å². The number of likely N-dealkylation sites (tertiary alicyclic amines) is 1. The summed E-state index contributed by atoms with van der Waals surface area (Å²) in [4.78, 5) is 6.15. The molecule has 0 unspecified atom stereocenters. The fraction of sp³-hybridized carbons (Fsp3) is 0.733. The second kappa shape index (κ2) is 6.85. The molecule has 1 aromatic rings. The van der Waals surface area contributed by atoms with Crippen molar-refractivity contribution in [2.45, 2.75) is 58.4 Å². The molecule has 96 valence electrons. The number of unbranched alkanes of at least 4 members (excludes halogenated alkanes) is 2. The maximum absolute atomic E-state index is 3.58. The van der Waals surface area contributed by atoms with E-state index in [0.29, 0.717) is 0 Å². The van der Waals surface area contributed by atoms with E-state index in [4.69, 9.17) is 0 Å². The van der Waals surface area contributed by atoms with Crippen molar-refractivity contribution < 1.29 is 0 Å². The fourth-order valence-electron chi connectivity index (χ4n) is 2.65. The molecular formula is C15H26N2. The first-order chi connectivity index (χ1) is 8.38. The van der Waals surface area contributed by atoms with Crippen molar-refractivity contribution in [3.05, 3.63) is 23.5 Å². The van der Waals surface area contributed by atoms with Crippen molar-refractivity contribution in [3.8, 4) is 0 Å². The predicted molar refractivity (Wildman–Crippen MR) is 73.1 cm³/mol. The van der Waals surface area contributed by atoms with Crippen LogP contribution in [0.15, 0.2) is 12.1 Å². The molecule has 17 heavy (non-hydrogen) atoms. The highest BCUT2D eigenvalue weighted by atomic mass is 15.1. The van der Waals surface area contributed by atoms with Gasteiger partial charge >= 0.3 is 0 Å². The van der Waals surface area contributed by atoms with Gasteiger partial charge in [-0.25, -0.2) is 0 Å². The molecule has 0 aliphatic carbocycles. The number of aryl methyl sites for hydroxylation is 1. The maximum atomic E-state index is 3.58. The Hall–Kier alpha value is -0.760. The van der Waals surface area contributed by atoms with Gasteiger partial charge in [-0.2, -0.15) is 0 Å². The molecule has 1 aromatic heterocycles. The van der Waals surface area contributed by atoms with Gasteiger partial charge in [0.2, 0.25) is 0 Å². The van der Waals surface area contributed by atoms with E-state index < -0.39 is 0 Å². The van der Waals surface area contributed by atoms with E-state index in [-0.39, 0.29) is 0 Å². The van der Waals surface area contributed by atoms with Gasteiger partial charge in [-0.05, 0) is 50.9 Å². The van der Waals surface area contributed by atoms with E-state index in [0.717, 1.165) is 6.54 Å². The molecule has 1 aliphatic rings. The SMILES string of the molecule is CCCCCc1ccc(CN2CCCCC2)[nH]1. The zero-order valence-electron chi connectivity index (χ0n) is 11.2. The van der Waals surface area contributed by atoms with E-state index in [2.05, 4.69) is 28.9 Å². The van der Waals surface area contributed by atoms with Crippen LogP contribution < -0.4 is 0 Å². The zero-order chi connectivity index (χ0) is 11.9. The molecule has 0 bridgehead atoms. The predicted octanol–water partition coefficient (Wildman–Crippen LogP) is 3.73. The summed E-state index contributed by atoms with van der Waals surface area (Å²) in [6, 6.07) is 4.55. The normalized spacial score (nSPS) is 17.5. The Labute approximate surface area is 105 Å². The Morgan fingerprint density at radius 1 is 1.06 bits per heavy atom. The van der Waals surface area contributed by atoms with Crippen LogP contribution in [0.2, 0.25) is 0 Å². The average Bonchev–Trinajstić information content (AvgIpc) is 2.79. The van der Waals surface area contributed by atoms with Crippen LogP contribution in [0.4, 0.5) is 0 Å². The van der Waals surface area contributed by atoms with Gasteiger partial charge in [0.1, 0.15) is 0 Å². The van der Waals surface area contributed by atoms with Gasteiger partial charge in [0.25, 0.3) is 0 Å². The fourth-order valence-corrected chi connectivity index (χ4v) is 2.65. The van der Waals surface area contributed by atoms with Gasteiger partial charge in [-0.1, -0.05) is 26.2 Å². The Kier molecular flexibility index (Phi) is 5.11. The molecule has 0 spiro atoms. The number of H-pyrrole nitrogens is 1. The minimum Gasteiger partial charge on any atom is -0.361 e. The van der Waals surface area contributed by atoms with Crippen LogP contribution in [0.3, 0.4) is 0 Å². The summed E-state index contributed by atoms with van der Waals surface area (Å²) >= 11 is 0. The number of aromatic nitrogens is 1. The molecule has 0 atom stereocenters. The van der Waals surface area contributed by atoms with Gasteiger partial charge in [-0.3, -0.25) is 4.90 Å². The largest absolute Gasteiger partial charge is 0.361 e. The van der Waals surface area contributed by atoms with Crippen LogP contribution in [0.5, 0.6) is 0 Å². The van der Waals surface area contributed by atoms with E-state index in [1.54, 1.807) is 0 Å². The highest BCUT2D eigenvalue weighted by Crippen LogP contribution is 2.13. The monoisotopic (exact) mass is 234 g/mol. The summed E-state index contributed by atoms with van der Waals surface area (Å²) in [5.74, 6) is 0. The number of nitrogens with one attached hydrogen (secondary N) is 1. The first-order valence-electron chi connectivity index (χ1n) is 7.27. The molecule has 0 aromatic carbocycles. The van der Waals surface area contributed by atoms with Gasteiger partial charge in [0.15, 0.2) is 0 Å². The number of rotatable bonds is 6. The summed E-state index contributed by atoms with van der Waals surface area (Å²) in [7, 11) is 0. The third kappa shape index (κ3) is 4.19. The van der Waals surface area contributed by atoms with Crippen LogP contribution in [0.25, 0.3) is 0 Å². The zero-order valence-corrected chi connectivity index (χ0v) is 11.2. The maximum Gasteiger partial charge on any atom is 0.0385 e. The number of nitrogens with zero attached hydrogens (tertiary/aromatic N) is 1. The summed E-state index contributed by atoms with van der Waals surface area (Å²) in [5, 5.41) is 0. The van der Waals surface area contributed by atoms with E-state index in [1.165, 1.54) is 69.4 Å². The van der Waals surface area contributed by atoms with Crippen molar-refractivity contribution in [1.29, 1.82) is 0 Å². The Balaban J connectivity index is 1.76. The van der Waals surface area contributed by atoms with Crippen molar-refractivity contribution >= 4 is 0 Å². The van der Waals surface area contributed by atoms with Gasteiger partial charge in [0, 0.05) is 17.9 Å². The molecule has 2 heteroatoms. The minimum atomic E-state index is 1.12. The first kappa shape index (κ1) is 12.7. The molecular weight excluding hydrogens is 208 g/mol. The molecule has 1 aliphatic heterocycles. The van der Waals surface area contributed by atoms with Gasteiger partial charge < -0.3 is 4.98 Å². The molecule has 1 saturated heterocycles. The topological polar surface area (TPSA) is 19.0 Å². The van der Waals surface area contributed by atoms with Crippen molar-refractivity contribution in [2.75, 3.05) is 13.1 Å². The van der Waals surface area contributed by atoms with E-state index in [1.807, 2.05) is 0 Å². The van der Waals surface area contributed by atoms with Crippen LogP contribution in [-0.2, 0) is 13.0 Å². The van der Waals surface area contributed by atoms with Crippen LogP contribution >= 0.6 is 0 Å². The molecule has 0 amide bonds. The molecule has 1 N–H and O–H groups in total. The Morgan fingerprint density at radius 2 is 1.82 bits per heavy atom. The third-order valence-electron chi connectivity index (χ3n) is 3.70. The number of hydrogen-bond donors (Lipinski definition) is 1. The number of hydrogen-bond acceptors (Lipinski definition) is 1. The second-order valence-corrected chi connectivity index (χ2v) is 5.30. The van der Waals surface area contributed by atoms with Gasteiger partial charge in [0.05, 0.1) is 0 Å². The lowest BCUT2D eigenvalue weighted by Crippen LogP contribution is -2.29. The lowest BCUT2D eigenvalue weighted by atomic mass is 10.1. The van der Waals surface area contributed by atoms with Crippen molar-refractivity contribution in [2.24, 2.45) is 0 Å². The quantitative estimate of drug-likeness (QED) is 0.743. The summed E-state index contributed by atoms with van der Waals surface area (Å²) in [5.41, 5.74) is 2.82. The van der Waals surface area contributed by atoms with Crippen LogP contribution in [0, 0.1) is 0 Å².